The topological polar surface area (TPSA) is 27.7 Å². The summed E-state index contributed by atoms with van der Waals surface area (Å²) in [4.78, 5) is 0. The molecule has 0 rings (SSSR count). The maximum Gasteiger partial charge on any atom is 0.0703 e. The van der Waals surface area contributed by atoms with E-state index in [0.717, 1.165) is 19.4 Å². The molecule has 0 spiro atoms. The molecule has 124 valence electrons. The van der Waals surface area contributed by atoms with Crippen molar-refractivity contribution in [3.8, 4) is 0 Å². The molecule has 20 heavy (non-hydrogen) atoms. The van der Waals surface area contributed by atoms with Gasteiger partial charge in [-0.05, 0) is 30.6 Å². The molecule has 1 atom stereocenters. The van der Waals surface area contributed by atoms with Gasteiger partial charge in [-0.25, -0.2) is 0 Å². The van der Waals surface area contributed by atoms with Crippen molar-refractivity contribution in [1.29, 1.82) is 0 Å². The van der Waals surface area contributed by atoms with Crippen LogP contribution in [0.3, 0.4) is 0 Å². The van der Waals surface area contributed by atoms with Crippen molar-refractivity contribution in [3.63, 3.8) is 0 Å². The Labute approximate surface area is 127 Å². The highest BCUT2D eigenvalue weighted by Crippen LogP contribution is 2.21. The van der Waals surface area contributed by atoms with Crippen molar-refractivity contribution >= 4 is 0 Å². The molecule has 0 radical (unpaired) electrons. The lowest BCUT2D eigenvalue weighted by molar-refractivity contribution is 0.00789. The van der Waals surface area contributed by atoms with E-state index >= 15 is 0 Å². The van der Waals surface area contributed by atoms with Gasteiger partial charge >= 0.3 is 0 Å². The van der Waals surface area contributed by atoms with Gasteiger partial charge in [-0.3, -0.25) is 0 Å². The van der Waals surface area contributed by atoms with E-state index in [1.807, 2.05) is 0 Å². The van der Waals surface area contributed by atoms with Gasteiger partial charge in [0.05, 0.1) is 19.3 Å². The molecule has 0 aliphatic rings. The normalized spacial score (nSPS) is 13.7. The van der Waals surface area contributed by atoms with Crippen LogP contribution in [0.25, 0.3) is 0 Å². The average Bonchev–Trinajstić information content (AvgIpc) is 2.24. The summed E-state index contributed by atoms with van der Waals surface area (Å²) < 4.78 is 15.3. The van der Waals surface area contributed by atoms with Crippen molar-refractivity contribution in [2.24, 2.45) is 10.8 Å². The molecule has 0 aromatic carbocycles. The number of hydrogen-bond donors (Lipinski definition) is 0. The Morgan fingerprint density at radius 3 is 1.55 bits per heavy atom. The van der Waals surface area contributed by atoms with Crippen molar-refractivity contribution in [2.75, 3.05) is 34.0 Å². The molecular formula is C17H38O3. The van der Waals surface area contributed by atoms with Gasteiger partial charge in [-0.15, -0.1) is 0 Å². The number of rotatable bonds is 7. The quantitative estimate of drug-likeness (QED) is 0.644. The molecule has 1 unspecified atom stereocenters. The molecule has 0 amide bonds. The lowest BCUT2D eigenvalue weighted by atomic mass is 9.90. The number of methoxy groups -OCH3 is 2. The Balaban J connectivity index is 0. The van der Waals surface area contributed by atoms with Crippen LogP contribution in [0.15, 0.2) is 0 Å². The van der Waals surface area contributed by atoms with Crippen molar-refractivity contribution in [1.82, 2.24) is 0 Å². The summed E-state index contributed by atoms with van der Waals surface area (Å²) in [7, 11) is 3.43. The van der Waals surface area contributed by atoms with E-state index in [1.165, 1.54) is 0 Å². The minimum atomic E-state index is 0.333. The fourth-order valence-electron chi connectivity index (χ4n) is 1.66. The highest BCUT2D eigenvalue weighted by molar-refractivity contribution is 4.65. The third kappa shape index (κ3) is 23.0. The Hall–Kier alpha value is -0.120. The summed E-state index contributed by atoms with van der Waals surface area (Å²) >= 11 is 0. The molecule has 0 fully saturated rings. The fraction of sp³-hybridized carbons (Fsp3) is 1.00. The van der Waals surface area contributed by atoms with Gasteiger partial charge < -0.3 is 14.2 Å². The maximum absolute atomic E-state index is 5.53. The highest BCUT2D eigenvalue weighted by atomic mass is 16.5. The molecule has 0 aliphatic carbocycles. The van der Waals surface area contributed by atoms with E-state index < -0.39 is 0 Å². The zero-order valence-corrected chi connectivity index (χ0v) is 15.3. The Bertz CT molecular complexity index is 201. The first-order valence-corrected chi connectivity index (χ1v) is 7.61. The van der Waals surface area contributed by atoms with E-state index in [2.05, 4.69) is 48.5 Å². The first-order chi connectivity index (χ1) is 9.02. The maximum atomic E-state index is 5.53. The zero-order valence-electron chi connectivity index (χ0n) is 15.3. The lowest BCUT2D eigenvalue weighted by Crippen LogP contribution is -2.19. The summed E-state index contributed by atoms with van der Waals surface area (Å²) in [6, 6.07) is 0. The minimum Gasteiger partial charge on any atom is -0.385 e. The summed E-state index contributed by atoms with van der Waals surface area (Å²) in [5.74, 6) is 0. The second kappa shape index (κ2) is 11.5. The van der Waals surface area contributed by atoms with Crippen LogP contribution in [-0.2, 0) is 14.2 Å². The van der Waals surface area contributed by atoms with E-state index in [1.54, 1.807) is 14.2 Å². The van der Waals surface area contributed by atoms with E-state index in [9.17, 15) is 0 Å². The molecule has 0 N–H and O–H groups in total. The van der Waals surface area contributed by atoms with Gasteiger partial charge in [0, 0.05) is 20.8 Å². The molecule has 0 saturated carbocycles. The van der Waals surface area contributed by atoms with Gasteiger partial charge in [0.2, 0.25) is 0 Å². The summed E-state index contributed by atoms with van der Waals surface area (Å²) in [5, 5.41) is 0. The highest BCUT2D eigenvalue weighted by Gasteiger charge is 2.15. The van der Waals surface area contributed by atoms with Crippen LogP contribution in [0.4, 0.5) is 0 Å². The van der Waals surface area contributed by atoms with Gasteiger partial charge in [0.25, 0.3) is 0 Å². The smallest absolute Gasteiger partial charge is 0.0703 e. The first-order valence-electron chi connectivity index (χ1n) is 7.61. The van der Waals surface area contributed by atoms with Crippen LogP contribution in [0.5, 0.6) is 0 Å². The third-order valence-corrected chi connectivity index (χ3v) is 2.65. The summed E-state index contributed by atoms with van der Waals surface area (Å²) in [6.45, 7) is 17.7. The zero-order chi connectivity index (χ0) is 16.2. The predicted octanol–water partition coefficient (Wildman–Crippen LogP) is 4.54. The van der Waals surface area contributed by atoms with Gasteiger partial charge in [0.1, 0.15) is 0 Å². The molecule has 3 nitrogen and oxygen atoms in total. The SMILES string of the molecule is COCCC(C)(C)C.COCCOC(C)CC(C)(C)C. The Morgan fingerprint density at radius 2 is 1.25 bits per heavy atom. The first kappa shape index (κ1) is 22.2. The third-order valence-electron chi connectivity index (χ3n) is 2.65. The molecular weight excluding hydrogens is 252 g/mol. The summed E-state index contributed by atoms with van der Waals surface area (Å²) in [5.41, 5.74) is 0.780. The summed E-state index contributed by atoms with van der Waals surface area (Å²) in [6.07, 6.45) is 2.57. The molecule has 3 heteroatoms. The molecule has 0 heterocycles. The molecule has 0 aliphatic heterocycles. The van der Waals surface area contributed by atoms with Crippen LogP contribution in [0.1, 0.15) is 61.3 Å². The molecule has 0 bridgehead atoms. The lowest BCUT2D eigenvalue weighted by Gasteiger charge is -2.23. The molecule has 0 aromatic heterocycles. The van der Waals surface area contributed by atoms with Gasteiger partial charge in [-0.1, -0.05) is 41.5 Å². The number of hydrogen-bond acceptors (Lipinski definition) is 3. The van der Waals surface area contributed by atoms with Crippen LogP contribution >= 0.6 is 0 Å². The molecule has 0 saturated heterocycles. The average molecular weight is 290 g/mol. The van der Waals surface area contributed by atoms with E-state index in [4.69, 9.17) is 14.2 Å². The van der Waals surface area contributed by atoms with Crippen molar-refractivity contribution in [2.45, 2.75) is 67.4 Å². The standard InChI is InChI=1S/C10H22O2.C7H16O/c1-9(8-10(2,3)4)12-7-6-11-5;1-7(2,3)5-6-8-4/h9H,6-8H2,1-5H3;5-6H2,1-4H3. The van der Waals surface area contributed by atoms with E-state index in [0.29, 0.717) is 30.1 Å². The van der Waals surface area contributed by atoms with Crippen molar-refractivity contribution < 1.29 is 14.2 Å². The molecule has 0 aromatic rings. The predicted molar refractivity (Wildman–Crippen MR) is 87.3 cm³/mol. The Kier molecular flexibility index (Phi) is 12.8. The Morgan fingerprint density at radius 1 is 0.750 bits per heavy atom. The van der Waals surface area contributed by atoms with E-state index in [-0.39, 0.29) is 0 Å². The minimum absolute atomic E-state index is 0.333. The number of ether oxygens (including phenoxy) is 3. The monoisotopic (exact) mass is 290 g/mol. The van der Waals surface area contributed by atoms with Crippen LogP contribution in [0.2, 0.25) is 0 Å². The van der Waals surface area contributed by atoms with Crippen molar-refractivity contribution in [3.05, 3.63) is 0 Å². The second-order valence-corrected chi connectivity index (χ2v) is 7.74. The fourth-order valence-corrected chi connectivity index (χ4v) is 1.66. The largest absolute Gasteiger partial charge is 0.385 e. The van der Waals surface area contributed by atoms with Crippen LogP contribution in [-0.4, -0.2) is 40.1 Å². The van der Waals surface area contributed by atoms with Gasteiger partial charge in [0.15, 0.2) is 0 Å². The van der Waals surface area contributed by atoms with Crippen LogP contribution in [0, 0.1) is 10.8 Å². The van der Waals surface area contributed by atoms with Crippen LogP contribution < -0.4 is 0 Å². The van der Waals surface area contributed by atoms with Gasteiger partial charge in [-0.2, -0.15) is 0 Å². The second-order valence-electron chi connectivity index (χ2n) is 7.74.